The van der Waals surface area contributed by atoms with Gasteiger partial charge in [-0.2, -0.15) is 0 Å². The third kappa shape index (κ3) is 5.04. The standard InChI is InChI=1S/C32H35N3O8/c1-14(2)26(33)31(37)42-23-10-16-8-9-17-25-29(35(5)28(17)18(16)11-21(23)39-6)19-12-22(40-7)24(13-20(19)41-30(25)36)43-32(38)27(34)15(3)4/h8-15,26-27H,33-34H2,1-7H3/t26-,27-/m0/s1. The normalized spacial score (nSPS) is 13.3. The summed E-state index contributed by atoms with van der Waals surface area (Å²) in [5.74, 6) is -0.495. The average Bonchev–Trinajstić information content (AvgIpc) is 3.28. The lowest BCUT2D eigenvalue weighted by molar-refractivity contribution is -0.137. The minimum Gasteiger partial charge on any atom is -0.493 e. The summed E-state index contributed by atoms with van der Waals surface area (Å²) in [6, 6.07) is 8.63. The summed E-state index contributed by atoms with van der Waals surface area (Å²) >= 11 is 0. The molecule has 4 N–H and O–H groups in total. The minimum absolute atomic E-state index is 0.0896. The summed E-state index contributed by atoms with van der Waals surface area (Å²) < 4.78 is 29.9. The first-order valence-corrected chi connectivity index (χ1v) is 13.9. The second-order valence-corrected chi connectivity index (χ2v) is 11.2. The molecule has 11 heteroatoms. The Morgan fingerprint density at radius 2 is 1.28 bits per heavy atom. The number of benzene rings is 3. The van der Waals surface area contributed by atoms with Crippen LogP contribution in [0.1, 0.15) is 27.7 Å². The zero-order chi connectivity index (χ0) is 31.3. The Kier molecular flexibility index (Phi) is 7.80. The van der Waals surface area contributed by atoms with E-state index >= 15 is 0 Å². The predicted molar refractivity (Wildman–Crippen MR) is 164 cm³/mol. The zero-order valence-corrected chi connectivity index (χ0v) is 25.1. The molecule has 5 aromatic rings. The molecule has 0 amide bonds. The Labute approximate surface area is 247 Å². The third-order valence-electron chi connectivity index (χ3n) is 7.78. The molecule has 0 saturated carbocycles. The molecule has 2 atom stereocenters. The summed E-state index contributed by atoms with van der Waals surface area (Å²) in [7, 11) is 4.78. The van der Waals surface area contributed by atoms with Crippen LogP contribution in [0, 0.1) is 11.8 Å². The van der Waals surface area contributed by atoms with Crippen molar-refractivity contribution in [3.8, 4) is 23.0 Å². The average molecular weight is 590 g/mol. The van der Waals surface area contributed by atoms with Gasteiger partial charge in [-0.3, -0.25) is 0 Å². The van der Waals surface area contributed by atoms with Crippen LogP contribution < -0.4 is 36.0 Å². The number of fused-ring (bicyclic) bond motifs is 7. The van der Waals surface area contributed by atoms with Crippen molar-refractivity contribution in [3.05, 3.63) is 46.8 Å². The molecule has 0 saturated heterocycles. The lowest BCUT2D eigenvalue weighted by Gasteiger charge is -2.16. The van der Waals surface area contributed by atoms with Gasteiger partial charge in [0.15, 0.2) is 23.0 Å². The van der Waals surface area contributed by atoms with E-state index in [2.05, 4.69) is 0 Å². The van der Waals surface area contributed by atoms with Crippen LogP contribution in [0.15, 0.2) is 45.6 Å². The Bertz CT molecular complexity index is 1970. The van der Waals surface area contributed by atoms with Crippen LogP contribution in [-0.2, 0) is 16.6 Å². The summed E-state index contributed by atoms with van der Waals surface area (Å²) in [6.45, 7) is 7.31. The number of nitrogens with two attached hydrogens (primary N) is 2. The number of methoxy groups -OCH3 is 2. The predicted octanol–water partition coefficient (Wildman–Crippen LogP) is 4.39. The quantitative estimate of drug-likeness (QED) is 0.151. The van der Waals surface area contributed by atoms with Gasteiger partial charge >= 0.3 is 17.6 Å². The Balaban J connectivity index is 1.73. The molecule has 0 fully saturated rings. The molecule has 226 valence electrons. The summed E-state index contributed by atoms with van der Waals surface area (Å²) in [5, 5.41) is 3.12. The van der Waals surface area contributed by atoms with Gasteiger partial charge in [-0.05, 0) is 35.4 Å². The first kappa shape index (κ1) is 29.9. The molecule has 0 unspecified atom stereocenters. The fourth-order valence-electron chi connectivity index (χ4n) is 5.15. The van der Waals surface area contributed by atoms with Gasteiger partial charge < -0.3 is 39.4 Å². The number of carbonyl (C=O) groups is 2. The number of carbonyl (C=O) groups excluding carboxylic acids is 2. The van der Waals surface area contributed by atoms with E-state index in [4.69, 9.17) is 34.8 Å². The smallest absolute Gasteiger partial charge is 0.346 e. The van der Waals surface area contributed by atoms with E-state index in [0.29, 0.717) is 27.4 Å². The van der Waals surface area contributed by atoms with Crippen molar-refractivity contribution in [2.75, 3.05) is 14.2 Å². The number of rotatable bonds is 8. The largest absolute Gasteiger partial charge is 0.493 e. The lowest BCUT2D eigenvalue weighted by atomic mass is 10.0. The van der Waals surface area contributed by atoms with Crippen LogP contribution in [-0.4, -0.2) is 42.8 Å². The highest BCUT2D eigenvalue weighted by Crippen LogP contribution is 2.41. The summed E-state index contributed by atoms with van der Waals surface area (Å²) in [5.41, 5.74) is 12.9. The summed E-state index contributed by atoms with van der Waals surface area (Å²) in [4.78, 5) is 38.6. The van der Waals surface area contributed by atoms with Crippen molar-refractivity contribution < 1.29 is 33.0 Å². The fourth-order valence-corrected chi connectivity index (χ4v) is 5.15. The van der Waals surface area contributed by atoms with E-state index in [1.807, 2.05) is 51.4 Å². The third-order valence-corrected chi connectivity index (χ3v) is 7.78. The lowest BCUT2D eigenvalue weighted by Crippen LogP contribution is -2.38. The molecule has 3 aromatic carbocycles. The van der Waals surface area contributed by atoms with Gasteiger partial charge in [-0.15, -0.1) is 0 Å². The molecule has 2 heterocycles. The molecule has 11 nitrogen and oxygen atoms in total. The summed E-state index contributed by atoms with van der Waals surface area (Å²) in [6.07, 6.45) is 0. The van der Waals surface area contributed by atoms with Gasteiger partial charge in [0.1, 0.15) is 17.7 Å². The van der Waals surface area contributed by atoms with Crippen molar-refractivity contribution in [2.45, 2.75) is 39.8 Å². The van der Waals surface area contributed by atoms with E-state index in [1.165, 1.54) is 20.3 Å². The maximum Gasteiger partial charge on any atom is 0.346 e. The molecule has 0 aliphatic heterocycles. The number of nitrogens with zero attached hydrogens (tertiary/aromatic N) is 1. The molecule has 0 radical (unpaired) electrons. The Hall–Kier alpha value is -4.61. The molecular weight excluding hydrogens is 554 g/mol. The van der Waals surface area contributed by atoms with Crippen LogP contribution >= 0.6 is 0 Å². The zero-order valence-electron chi connectivity index (χ0n) is 25.1. The Morgan fingerprint density at radius 1 is 0.744 bits per heavy atom. The topological polar surface area (TPSA) is 158 Å². The minimum atomic E-state index is -0.839. The SMILES string of the molecule is COc1cc2c(ccc3c4c(=O)oc5cc(OC(=O)[C@@H](N)C(C)C)c(OC)cc5c4n(C)c23)cc1OC(=O)[C@@H](N)C(C)C. The van der Waals surface area contributed by atoms with Crippen molar-refractivity contribution in [1.82, 2.24) is 4.57 Å². The first-order valence-electron chi connectivity index (χ1n) is 13.9. The highest BCUT2D eigenvalue weighted by molar-refractivity contribution is 6.22. The highest BCUT2D eigenvalue weighted by Gasteiger charge is 2.25. The van der Waals surface area contributed by atoms with Crippen molar-refractivity contribution in [3.63, 3.8) is 0 Å². The second kappa shape index (κ2) is 11.2. The number of aryl methyl sites for hydroxylation is 1. The van der Waals surface area contributed by atoms with Crippen molar-refractivity contribution in [1.29, 1.82) is 0 Å². The molecule has 5 rings (SSSR count). The van der Waals surface area contributed by atoms with E-state index in [-0.39, 0.29) is 34.7 Å². The molecular formula is C32H35N3O8. The Morgan fingerprint density at radius 3 is 1.81 bits per heavy atom. The molecule has 0 spiro atoms. The van der Waals surface area contributed by atoms with Crippen LogP contribution in [0.3, 0.4) is 0 Å². The van der Waals surface area contributed by atoms with E-state index in [9.17, 15) is 14.4 Å². The number of ether oxygens (including phenoxy) is 4. The van der Waals surface area contributed by atoms with Crippen LogP contribution in [0.2, 0.25) is 0 Å². The molecule has 0 aliphatic rings. The maximum absolute atomic E-state index is 13.4. The van der Waals surface area contributed by atoms with E-state index in [1.54, 1.807) is 18.2 Å². The van der Waals surface area contributed by atoms with Gasteiger partial charge in [-0.25, -0.2) is 14.4 Å². The van der Waals surface area contributed by atoms with Crippen LogP contribution in [0.5, 0.6) is 23.0 Å². The van der Waals surface area contributed by atoms with Gasteiger partial charge in [0.2, 0.25) is 0 Å². The number of hydrogen-bond acceptors (Lipinski definition) is 10. The van der Waals surface area contributed by atoms with Crippen molar-refractivity contribution in [2.24, 2.45) is 30.4 Å². The molecule has 0 aliphatic carbocycles. The molecule has 43 heavy (non-hydrogen) atoms. The number of esters is 2. The number of aromatic nitrogens is 1. The monoisotopic (exact) mass is 589 g/mol. The fraction of sp³-hybridized carbons (Fsp3) is 0.344. The van der Waals surface area contributed by atoms with E-state index < -0.39 is 29.6 Å². The van der Waals surface area contributed by atoms with Crippen LogP contribution in [0.25, 0.3) is 43.5 Å². The maximum atomic E-state index is 13.4. The van der Waals surface area contributed by atoms with Gasteiger partial charge in [0, 0.05) is 29.3 Å². The van der Waals surface area contributed by atoms with Gasteiger partial charge in [0.25, 0.3) is 0 Å². The van der Waals surface area contributed by atoms with E-state index in [0.717, 1.165) is 16.3 Å². The van der Waals surface area contributed by atoms with Crippen molar-refractivity contribution >= 4 is 55.5 Å². The highest BCUT2D eigenvalue weighted by atomic mass is 16.6. The van der Waals surface area contributed by atoms with Crippen LogP contribution in [0.4, 0.5) is 0 Å². The second-order valence-electron chi connectivity index (χ2n) is 11.2. The number of hydrogen-bond donors (Lipinski definition) is 2. The van der Waals surface area contributed by atoms with Gasteiger partial charge in [0.05, 0.1) is 30.6 Å². The molecule has 0 bridgehead atoms. The first-order chi connectivity index (χ1) is 20.4. The molecule has 2 aromatic heterocycles. The van der Waals surface area contributed by atoms with Gasteiger partial charge in [-0.1, -0.05) is 39.8 Å².